The van der Waals surface area contributed by atoms with Gasteiger partial charge in [0, 0.05) is 31.4 Å². The Hall–Kier alpha value is -0.380. The Kier molecular flexibility index (Phi) is 7.05. The zero-order chi connectivity index (χ0) is 14.4. The van der Waals surface area contributed by atoms with E-state index < -0.39 is 0 Å². The largest absolute Gasteiger partial charge is 0.370 e. The van der Waals surface area contributed by atoms with Crippen molar-refractivity contribution in [1.82, 2.24) is 5.32 Å². The fraction of sp³-hybridized carbons (Fsp3) is 0.600. The predicted octanol–water partition coefficient (Wildman–Crippen LogP) is 4.03. The molecule has 4 heteroatoms. The zero-order valence-corrected chi connectivity index (χ0v) is 14.1. The van der Waals surface area contributed by atoms with Crippen LogP contribution in [0.5, 0.6) is 0 Å². The van der Waals surface area contributed by atoms with Gasteiger partial charge in [-0.2, -0.15) is 11.8 Å². The van der Waals surface area contributed by atoms with Gasteiger partial charge >= 0.3 is 0 Å². The lowest BCUT2D eigenvalue weighted by Crippen LogP contribution is -2.33. The highest BCUT2D eigenvalue weighted by Gasteiger charge is 2.16. The molecular weight excluding hydrogens is 276 g/mol. The van der Waals surface area contributed by atoms with E-state index in [2.05, 4.69) is 50.4 Å². The fourth-order valence-corrected chi connectivity index (χ4v) is 3.02. The first-order chi connectivity index (χ1) is 8.97. The molecule has 0 aromatic heterocycles. The summed E-state index contributed by atoms with van der Waals surface area (Å²) in [6.07, 6.45) is 2.14. The Labute approximate surface area is 126 Å². The van der Waals surface area contributed by atoms with Gasteiger partial charge in [0.1, 0.15) is 0 Å². The second-order valence-corrected chi connectivity index (χ2v) is 6.52. The molecule has 1 unspecified atom stereocenters. The van der Waals surface area contributed by atoms with Crippen molar-refractivity contribution in [3.8, 4) is 0 Å². The molecule has 0 fully saturated rings. The number of hydrogen-bond acceptors (Lipinski definition) is 3. The molecule has 1 aromatic rings. The van der Waals surface area contributed by atoms with Gasteiger partial charge in [-0.15, -0.1) is 0 Å². The van der Waals surface area contributed by atoms with Gasteiger partial charge in [-0.25, -0.2) is 0 Å². The molecule has 1 aromatic carbocycles. The third kappa shape index (κ3) is 4.90. The summed E-state index contributed by atoms with van der Waals surface area (Å²) >= 11 is 8.27. The van der Waals surface area contributed by atoms with Crippen LogP contribution in [-0.2, 0) is 6.54 Å². The van der Waals surface area contributed by atoms with E-state index in [0.29, 0.717) is 12.1 Å². The number of nitrogens with zero attached hydrogens (tertiary/aromatic N) is 1. The number of halogens is 1. The first-order valence-electron chi connectivity index (χ1n) is 6.70. The highest BCUT2D eigenvalue weighted by atomic mass is 35.5. The quantitative estimate of drug-likeness (QED) is 0.818. The molecule has 0 aliphatic rings. The van der Waals surface area contributed by atoms with Crippen molar-refractivity contribution in [3.05, 3.63) is 28.8 Å². The number of hydrogen-bond donors (Lipinski definition) is 1. The molecule has 108 valence electrons. The Morgan fingerprint density at radius 1 is 1.32 bits per heavy atom. The van der Waals surface area contributed by atoms with Crippen molar-refractivity contribution in [3.63, 3.8) is 0 Å². The maximum atomic E-state index is 6.41. The van der Waals surface area contributed by atoms with E-state index in [-0.39, 0.29) is 0 Å². The molecule has 0 saturated carbocycles. The summed E-state index contributed by atoms with van der Waals surface area (Å²) in [7, 11) is 2.13. The van der Waals surface area contributed by atoms with Crippen LogP contribution in [0.15, 0.2) is 18.2 Å². The number of anilines is 1. The molecular formula is C15H25ClN2S. The maximum absolute atomic E-state index is 6.41. The molecule has 1 rings (SSSR count). The molecule has 0 aliphatic carbocycles. The van der Waals surface area contributed by atoms with E-state index in [4.69, 9.17) is 11.6 Å². The van der Waals surface area contributed by atoms with E-state index in [1.54, 1.807) is 0 Å². The van der Waals surface area contributed by atoms with Gasteiger partial charge in [0.05, 0.1) is 10.7 Å². The van der Waals surface area contributed by atoms with E-state index in [9.17, 15) is 0 Å². The van der Waals surface area contributed by atoms with Crippen molar-refractivity contribution in [2.24, 2.45) is 0 Å². The summed E-state index contributed by atoms with van der Waals surface area (Å²) in [6.45, 7) is 7.40. The molecule has 0 heterocycles. The topological polar surface area (TPSA) is 15.3 Å². The van der Waals surface area contributed by atoms with Gasteiger partial charge in [0.25, 0.3) is 0 Å². The Morgan fingerprint density at radius 2 is 2.00 bits per heavy atom. The Bertz CT molecular complexity index is 396. The smallest absolute Gasteiger partial charge is 0.0642 e. The van der Waals surface area contributed by atoms with Crippen molar-refractivity contribution in [1.29, 1.82) is 0 Å². The molecule has 19 heavy (non-hydrogen) atoms. The van der Waals surface area contributed by atoms with Crippen LogP contribution < -0.4 is 10.2 Å². The molecule has 0 bridgehead atoms. The van der Waals surface area contributed by atoms with Crippen molar-refractivity contribution < 1.29 is 0 Å². The number of benzene rings is 1. The van der Waals surface area contributed by atoms with Gasteiger partial charge in [-0.05, 0) is 24.8 Å². The molecule has 0 saturated heterocycles. The molecule has 1 N–H and O–H groups in total. The molecule has 2 nitrogen and oxygen atoms in total. The molecule has 0 spiro atoms. The second-order valence-electron chi connectivity index (χ2n) is 5.20. The van der Waals surface area contributed by atoms with Crippen LogP contribution in [0.1, 0.15) is 26.3 Å². The predicted molar refractivity (Wildman–Crippen MR) is 89.7 cm³/mol. The lowest BCUT2D eigenvalue weighted by molar-refractivity contribution is 0.587. The van der Waals surface area contributed by atoms with Crippen LogP contribution in [0.2, 0.25) is 5.02 Å². The molecule has 0 aliphatic heterocycles. The minimum Gasteiger partial charge on any atom is -0.370 e. The molecule has 1 atom stereocenters. The van der Waals surface area contributed by atoms with Crippen LogP contribution in [-0.4, -0.2) is 31.1 Å². The summed E-state index contributed by atoms with van der Waals surface area (Å²) in [5, 5.41) is 4.30. The molecule has 0 radical (unpaired) electrons. The van der Waals surface area contributed by atoms with Crippen LogP contribution in [0.25, 0.3) is 0 Å². The van der Waals surface area contributed by atoms with E-state index >= 15 is 0 Å². The van der Waals surface area contributed by atoms with Crippen LogP contribution >= 0.6 is 23.4 Å². The van der Waals surface area contributed by atoms with E-state index in [0.717, 1.165) is 23.0 Å². The van der Waals surface area contributed by atoms with Crippen molar-refractivity contribution in [2.45, 2.75) is 39.4 Å². The minimum absolute atomic E-state index is 0.465. The number of rotatable bonds is 7. The number of thioether (sulfide) groups is 1. The lowest BCUT2D eigenvalue weighted by atomic mass is 10.1. The highest BCUT2D eigenvalue weighted by molar-refractivity contribution is 7.98. The highest BCUT2D eigenvalue weighted by Crippen LogP contribution is 2.31. The number of nitrogens with one attached hydrogen (secondary N) is 1. The van der Waals surface area contributed by atoms with Gasteiger partial charge in [0.15, 0.2) is 0 Å². The first kappa shape index (κ1) is 16.7. The van der Waals surface area contributed by atoms with Gasteiger partial charge in [0.2, 0.25) is 0 Å². The average molecular weight is 301 g/mol. The normalized spacial score (nSPS) is 12.8. The summed E-state index contributed by atoms with van der Waals surface area (Å²) in [4.78, 5) is 2.29. The van der Waals surface area contributed by atoms with Gasteiger partial charge < -0.3 is 10.2 Å². The third-order valence-electron chi connectivity index (χ3n) is 3.19. The van der Waals surface area contributed by atoms with Crippen LogP contribution in [0.3, 0.4) is 0 Å². The van der Waals surface area contributed by atoms with E-state index in [1.807, 2.05) is 23.9 Å². The van der Waals surface area contributed by atoms with Crippen LogP contribution in [0, 0.1) is 0 Å². The van der Waals surface area contributed by atoms with Crippen molar-refractivity contribution in [2.75, 3.05) is 24.0 Å². The Morgan fingerprint density at radius 3 is 2.58 bits per heavy atom. The second kappa shape index (κ2) is 8.03. The third-order valence-corrected chi connectivity index (χ3v) is 4.31. The number of para-hydroxylation sites is 1. The summed E-state index contributed by atoms with van der Waals surface area (Å²) in [5.41, 5.74) is 2.41. The fourth-order valence-electron chi connectivity index (χ4n) is 1.99. The van der Waals surface area contributed by atoms with Crippen LogP contribution in [0.4, 0.5) is 5.69 Å². The molecule has 0 amide bonds. The minimum atomic E-state index is 0.465. The monoisotopic (exact) mass is 300 g/mol. The maximum Gasteiger partial charge on any atom is 0.0642 e. The summed E-state index contributed by atoms with van der Waals surface area (Å²) < 4.78 is 0. The lowest BCUT2D eigenvalue weighted by Gasteiger charge is -2.30. The standard InChI is InChI=1S/C15H25ClN2S/c1-11(2)17-9-13-7-6-8-14(16)15(13)18(4)12(3)10-19-5/h6-8,11-12,17H,9-10H2,1-5H3. The summed E-state index contributed by atoms with van der Waals surface area (Å²) in [5.74, 6) is 1.10. The van der Waals surface area contributed by atoms with Crippen molar-refractivity contribution >= 4 is 29.1 Å². The van der Waals surface area contributed by atoms with Gasteiger partial charge in [-0.1, -0.05) is 37.6 Å². The Balaban J connectivity index is 2.96. The average Bonchev–Trinajstić information content (AvgIpc) is 2.35. The van der Waals surface area contributed by atoms with Gasteiger partial charge in [-0.3, -0.25) is 0 Å². The first-order valence-corrected chi connectivity index (χ1v) is 8.47. The summed E-state index contributed by atoms with van der Waals surface area (Å²) in [6, 6.07) is 7.08. The van der Waals surface area contributed by atoms with E-state index in [1.165, 1.54) is 5.56 Å². The SMILES string of the molecule is CSCC(C)N(C)c1c(Cl)cccc1CNC(C)C. The zero-order valence-electron chi connectivity index (χ0n) is 12.5.